The van der Waals surface area contributed by atoms with Crippen LogP contribution in [0.5, 0.6) is 0 Å². The maximum Gasteiger partial charge on any atom is -1.00 e. The molecule has 0 aliphatic rings. The summed E-state index contributed by atoms with van der Waals surface area (Å²) >= 11 is 0.691. The van der Waals surface area contributed by atoms with Gasteiger partial charge in [0.05, 0.1) is 0 Å². The van der Waals surface area contributed by atoms with Gasteiger partial charge in [-0.2, -0.15) is 0 Å². The second-order valence-corrected chi connectivity index (χ2v) is 10.8. The molecule has 1 nitrogen and oxygen atoms in total. The van der Waals surface area contributed by atoms with Gasteiger partial charge in [0.15, 0.2) is 0 Å². The number of unbranched alkanes of at least 4 members (excludes halogenated alkanes) is 4. The number of rotatable bonds is 9. The summed E-state index contributed by atoms with van der Waals surface area (Å²) in [4.78, 5) is 0. The third kappa shape index (κ3) is 7.31. The van der Waals surface area contributed by atoms with Gasteiger partial charge in [0, 0.05) is 0 Å². The van der Waals surface area contributed by atoms with Gasteiger partial charge in [0.2, 0.25) is 0 Å². The molecule has 0 fully saturated rings. The summed E-state index contributed by atoms with van der Waals surface area (Å²) in [6.07, 6.45) is 10.7. The van der Waals surface area contributed by atoms with E-state index in [1.807, 2.05) is 0 Å². The predicted octanol–water partition coefficient (Wildman–Crippen LogP) is 1.37. The first kappa shape index (κ1) is 21.8. The topological polar surface area (TPSA) is 3.88 Å². The third-order valence-electron chi connectivity index (χ3n) is 4.78. The monoisotopic (exact) mass is 491 g/mol. The largest absolute Gasteiger partial charge is 1.00 e. The Balaban J connectivity index is 0.00000288. The minimum absolute atomic E-state index is 0. The fraction of sp³-hybridized carbons (Fsp3) is 0.476. The Bertz CT molecular complexity index is 586. The van der Waals surface area contributed by atoms with Gasteiger partial charge in [-0.05, 0) is 0 Å². The second kappa shape index (κ2) is 12.1. The minimum Gasteiger partial charge on any atom is -1.00 e. The molecule has 0 saturated heterocycles. The quantitative estimate of drug-likeness (QED) is 0.368. The van der Waals surface area contributed by atoms with Crippen LogP contribution in [-0.2, 0) is 6.54 Å². The van der Waals surface area contributed by atoms with E-state index in [4.69, 9.17) is 0 Å². The molecule has 0 aliphatic carbocycles. The molecule has 0 N–H and O–H groups in total. The molecule has 0 radical (unpaired) electrons. The van der Waals surface area contributed by atoms with Gasteiger partial charge in [-0.1, -0.05) is 0 Å². The molecule has 1 atom stereocenters. The van der Waals surface area contributed by atoms with Gasteiger partial charge in [-0.25, -0.2) is 0 Å². The number of aryl methyl sites for hydroxylation is 1. The number of hydrogen-bond acceptors (Lipinski definition) is 0. The molecule has 1 aromatic carbocycles. The Labute approximate surface area is 173 Å². The average molecular weight is 492 g/mol. The van der Waals surface area contributed by atoms with E-state index in [1.165, 1.54) is 49.8 Å². The van der Waals surface area contributed by atoms with Crippen molar-refractivity contribution in [2.75, 3.05) is 0 Å². The van der Waals surface area contributed by atoms with E-state index >= 15 is 0 Å². The molecule has 0 amide bonds. The van der Waals surface area contributed by atoms with E-state index < -0.39 is 0 Å². The van der Waals surface area contributed by atoms with E-state index in [-0.39, 0.29) is 17.0 Å². The van der Waals surface area contributed by atoms with Crippen LogP contribution in [0.1, 0.15) is 65.9 Å². The van der Waals surface area contributed by atoms with Gasteiger partial charge in [0.25, 0.3) is 0 Å². The zero-order valence-corrected chi connectivity index (χ0v) is 22.8. The van der Waals surface area contributed by atoms with Gasteiger partial charge in [0.1, 0.15) is 0 Å². The summed E-state index contributed by atoms with van der Waals surface area (Å²) in [7, 11) is 0. The van der Waals surface area contributed by atoms with E-state index in [0.717, 1.165) is 10.2 Å². The molecule has 2 aromatic rings. The van der Waals surface area contributed by atoms with Crippen LogP contribution < -0.4 is 21.5 Å². The van der Waals surface area contributed by atoms with Crippen LogP contribution in [-0.4, -0.2) is 24.4 Å². The predicted molar refractivity (Wildman–Crippen MR) is 102 cm³/mol. The summed E-state index contributed by atoms with van der Waals surface area (Å²) in [5.41, 5.74) is 4.34. The Morgan fingerprint density at radius 2 is 1.71 bits per heavy atom. The molecule has 1 aromatic heterocycles. The SMILES string of the molecule is CCCCCCC[CH]([InH2])c1cc[n+](Cc2ccccc2)c(C)c1.[Br-]. The van der Waals surface area contributed by atoms with Gasteiger partial charge >= 0.3 is 157 Å². The Morgan fingerprint density at radius 3 is 2.38 bits per heavy atom. The summed E-state index contributed by atoms with van der Waals surface area (Å²) in [5, 5.41) is 0. The van der Waals surface area contributed by atoms with Gasteiger partial charge < -0.3 is 17.0 Å². The minimum atomic E-state index is 0. The normalized spacial score (nSPS) is 11.8. The zero-order chi connectivity index (χ0) is 16.5. The van der Waals surface area contributed by atoms with Crippen LogP contribution >= 0.6 is 0 Å². The average Bonchev–Trinajstić information content (AvgIpc) is 2.57. The Morgan fingerprint density at radius 1 is 1.00 bits per heavy atom. The molecule has 2 rings (SSSR count). The smallest absolute Gasteiger partial charge is 1.00 e. The van der Waals surface area contributed by atoms with Gasteiger partial charge in [-0.15, -0.1) is 0 Å². The Kier molecular flexibility index (Phi) is 11.0. The molecule has 1 heterocycles. The van der Waals surface area contributed by atoms with Crippen molar-refractivity contribution < 1.29 is 21.5 Å². The molecule has 130 valence electrons. The molecule has 0 saturated carbocycles. The van der Waals surface area contributed by atoms with Crippen molar-refractivity contribution in [2.24, 2.45) is 0 Å². The molecule has 0 spiro atoms. The standard InChI is InChI=1S/C21H29N.BrH.In.2H/c1-3-4-5-6-7-9-12-20-15-16-22(19(2)17-20)18-21-13-10-8-11-14-21;;;;/h8,10-17H,3-7,9,18H2,1-2H3;1H;;;/q+1;;;;/p-1. The van der Waals surface area contributed by atoms with Crippen LogP contribution in [0.15, 0.2) is 48.7 Å². The van der Waals surface area contributed by atoms with Crippen molar-refractivity contribution in [3.05, 3.63) is 65.5 Å². The van der Waals surface area contributed by atoms with Crippen LogP contribution in [0.4, 0.5) is 0 Å². The summed E-state index contributed by atoms with van der Waals surface area (Å²) in [6.45, 7) is 5.51. The second-order valence-electron chi connectivity index (χ2n) is 6.82. The van der Waals surface area contributed by atoms with Crippen LogP contribution in [0.25, 0.3) is 0 Å². The number of pyridine rings is 1. The molecule has 0 aliphatic heterocycles. The van der Waals surface area contributed by atoms with Crippen molar-refractivity contribution in [3.8, 4) is 0 Å². The summed E-state index contributed by atoms with van der Waals surface area (Å²) in [5.74, 6) is 0. The number of aromatic nitrogens is 1. The summed E-state index contributed by atoms with van der Waals surface area (Å²) in [6, 6.07) is 15.5. The van der Waals surface area contributed by atoms with E-state index in [1.54, 1.807) is 5.56 Å². The first-order chi connectivity index (χ1) is 11.2. The fourth-order valence-corrected chi connectivity index (χ4v) is 5.34. The fourth-order valence-electron chi connectivity index (χ4n) is 3.15. The zero-order valence-electron chi connectivity index (χ0n) is 15.5. The maximum atomic E-state index is 2.43. The molecule has 1 unspecified atom stereocenters. The molecular weight excluding hydrogens is 461 g/mol. The Hall–Kier alpha value is -0.280. The molecule has 0 bridgehead atoms. The van der Waals surface area contributed by atoms with E-state index in [2.05, 4.69) is 67.1 Å². The summed E-state index contributed by atoms with van der Waals surface area (Å²) < 4.78 is 3.24. The number of halogens is 1. The number of nitrogens with zero attached hydrogens (tertiary/aromatic N) is 1. The number of hydrogen-bond donors (Lipinski definition) is 0. The molecule has 3 heteroatoms. The maximum absolute atomic E-state index is 2.43. The van der Waals surface area contributed by atoms with Crippen LogP contribution in [0, 0.1) is 6.92 Å². The van der Waals surface area contributed by atoms with Crippen molar-refractivity contribution in [1.82, 2.24) is 0 Å². The van der Waals surface area contributed by atoms with Crippen molar-refractivity contribution in [1.29, 1.82) is 0 Å². The van der Waals surface area contributed by atoms with E-state index in [0.29, 0.717) is 24.4 Å². The number of benzene rings is 1. The molecular formula is C21H31BrInN. The van der Waals surface area contributed by atoms with E-state index in [9.17, 15) is 0 Å². The first-order valence-electron chi connectivity index (χ1n) is 9.24. The van der Waals surface area contributed by atoms with Crippen molar-refractivity contribution >= 4 is 24.4 Å². The first-order valence-corrected chi connectivity index (χ1v) is 12.5. The molecule has 24 heavy (non-hydrogen) atoms. The van der Waals surface area contributed by atoms with Gasteiger partial charge in [-0.3, -0.25) is 0 Å². The van der Waals surface area contributed by atoms with Crippen LogP contribution in [0.2, 0.25) is 0 Å². The third-order valence-corrected chi connectivity index (χ3v) is 8.33. The van der Waals surface area contributed by atoms with Crippen molar-refractivity contribution in [2.45, 2.75) is 62.6 Å². The van der Waals surface area contributed by atoms with Crippen molar-refractivity contribution in [3.63, 3.8) is 0 Å². The van der Waals surface area contributed by atoms with Crippen LogP contribution in [0.3, 0.4) is 0 Å².